The molecule has 2 N–H and O–H groups in total. The standard InChI is InChI=1S/C20H15N3O3/c24-18(13-6-8-15-16(11-13)20(26)23-19(15)25)21-10-9-14-7-5-12-3-1-2-4-17(12)22-14/h1-8,11H,9-10H2,(H,21,24)(H,23,25,26). The van der Waals surface area contributed by atoms with Crippen LogP contribution in [-0.2, 0) is 6.42 Å². The minimum atomic E-state index is -0.472. The van der Waals surface area contributed by atoms with Crippen molar-refractivity contribution in [2.45, 2.75) is 6.42 Å². The van der Waals surface area contributed by atoms with Crippen LogP contribution >= 0.6 is 0 Å². The third-order valence-electron chi connectivity index (χ3n) is 4.32. The van der Waals surface area contributed by atoms with E-state index in [2.05, 4.69) is 15.6 Å². The van der Waals surface area contributed by atoms with Crippen LogP contribution < -0.4 is 10.6 Å². The molecule has 2 heterocycles. The first-order valence-corrected chi connectivity index (χ1v) is 8.24. The highest BCUT2D eigenvalue weighted by Crippen LogP contribution is 2.17. The molecule has 0 fully saturated rings. The van der Waals surface area contributed by atoms with E-state index < -0.39 is 11.8 Å². The SMILES string of the molecule is O=C(NCCc1ccc2ccccc2n1)c1ccc2c(c1)C(=O)NC2=O. The predicted molar refractivity (Wildman–Crippen MR) is 96.0 cm³/mol. The lowest BCUT2D eigenvalue weighted by Crippen LogP contribution is -2.26. The van der Waals surface area contributed by atoms with E-state index >= 15 is 0 Å². The number of amides is 3. The molecule has 1 aliphatic rings. The number of hydrogen-bond acceptors (Lipinski definition) is 4. The molecule has 0 atom stereocenters. The molecule has 1 aromatic heterocycles. The highest BCUT2D eigenvalue weighted by atomic mass is 16.2. The molecule has 6 heteroatoms. The molecule has 6 nitrogen and oxygen atoms in total. The van der Waals surface area contributed by atoms with Crippen molar-refractivity contribution in [2.75, 3.05) is 6.54 Å². The molecule has 128 valence electrons. The summed E-state index contributed by atoms with van der Waals surface area (Å²) in [6.07, 6.45) is 0.598. The number of carbonyl (C=O) groups excluding carboxylic acids is 3. The first kappa shape index (κ1) is 16.0. The van der Waals surface area contributed by atoms with Gasteiger partial charge in [-0.3, -0.25) is 24.7 Å². The van der Waals surface area contributed by atoms with Crippen LogP contribution in [0.15, 0.2) is 54.6 Å². The average molecular weight is 345 g/mol. The maximum atomic E-state index is 12.3. The van der Waals surface area contributed by atoms with E-state index in [0.29, 0.717) is 24.1 Å². The van der Waals surface area contributed by atoms with Crippen LogP contribution in [0.25, 0.3) is 10.9 Å². The molecule has 0 saturated heterocycles. The van der Waals surface area contributed by atoms with Crippen molar-refractivity contribution < 1.29 is 14.4 Å². The van der Waals surface area contributed by atoms with E-state index in [4.69, 9.17) is 0 Å². The van der Waals surface area contributed by atoms with Gasteiger partial charge in [-0.05, 0) is 30.3 Å². The van der Waals surface area contributed by atoms with Crippen LogP contribution in [0.5, 0.6) is 0 Å². The van der Waals surface area contributed by atoms with Crippen LogP contribution in [0, 0.1) is 0 Å². The van der Waals surface area contributed by atoms with Crippen LogP contribution in [-0.4, -0.2) is 29.3 Å². The molecule has 0 spiro atoms. The number of fused-ring (bicyclic) bond motifs is 2. The Morgan fingerprint density at radius 3 is 2.65 bits per heavy atom. The summed E-state index contributed by atoms with van der Waals surface area (Å²) >= 11 is 0. The van der Waals surface area contributed by atoms with Gasteiger partial charge in [0.2, 0.25) is 0 Å². The van der Waals surface area contributed by atoms with E-state index in [-0.39, 0.29) is 11.5 Å². The maximum absolute atomic E-state index is 12.3. The summed E-state index contributed by atoms with van der Waals surface area (Å²) in [7, 11) is 0. The number of pyridine rings is 1. The highest BCUT2D eigenvalue weighted by molar-refractivity contribution is 6.22. The third-order valence-corrected chi connectivity index (χ3v) is 4.32. The summed E-state index contributed by atoms with van der Waals surface area (Å²) in [6, 6.07) is 16.3. The number of hydrogen-bond donors (Lipinski definition) is 2. The molecule has 0 radical (unpaired) electrons. The molecule has 1 aliphatic heterocycles. The van der Waals surface area contributed by atoms with Crippen molar-refractivity contribution in [3.8, 4) is 0 Å². The van der Waals surface area contributed by atoms with E-state index in [1.165, 1.54) is 12.1 Å². The van der Waals surface area contributed by atoms with Gasteiger partial charge in [0.15, 0.2) is 0 Å². The Labute approximate surface area is 149 Å². The topological polar surface area (TPSA) is 88.2 Å². The number of nitrogens with zero attached hydrogens (tertiary/aromatic N) is 1. The summed E-state index contributed by atoms with van der Waals surface area (Å²) in [4.78, 5) is 40.1. The Kier molecular flexibility index (Phi) is 3.93. The molecular weight excluding hydrogens is 330 g/mol. The van der Waals surface area contributed by atoms with Crippen LogP contribution in [0.2, 0.25) is 0 Å². The maximum Gasteiger partial charge on any atom is 0.258 e. The van der Waals surface area contributed by atoms with Gasteiger partial charge in [-0.15, -0.1) is 0 Å². The Balaban J connectivity index is 1.41. The monoisotopic (exact) mass is 345 g/mol. The van der Waals surface area contributed by atoms with Crippen molar-refractivity contribution in [1.82, 2.24) is 15.6 Å². The Morgan fingerprint density at radius 1 is 0.962 bits per heavy atom. The van der Waals surface area contributed by atoms with E-state index in [0.717, 1.165) is 16.6 Å². The van der Waals surface area contributed by atoms with Crippen molar-refractivity contribution in [3.05, 3.63) is 77.0 Å². The Morgan fingerprint density at radius 2 is 1.77 bits per heavy atom. The fraction of sp³-hybridized carbons (Fsp3) is 0.100. The van der Waals surface area contributed by atoms with Gasteiger partial charge in [-0.2, -0.15) is 0 Å². The second kappa shape index (κ2) is 6.40. The van der Waals surface area contributed by atoms with Crippen LogP contribution in [0.3, 0.4) is 0 Å². The molecule has 3 amide bonds. The zero-order valence-corrected chi connectivity index (χ0v) is 13.8. The van der Waals surface area contributed by atoms with Gasteiger partial charge in [0.05, 0.1) is 16.6 Å². The number of para-hydroxylation sites is 1. The molecule has 3 aromatic rings. The highest BCUT2D eigenvalue weighted by Gasteiger charge is 2.27. The number of carbonyl (C=O) groups is 3. The molecule has 0 unspecified atom stereocenters. The van der Waals surface area contributed by atoms with Gasteiger partial charge >= 0.3 is 0 Å². The molecule has 2 aromatic carbocycles. The zero-order chi connectivity index (χ0) is 18.1. The molecular formula is C20H15N3O3. The summed E-state index contributed by atoms with van der Waals surface area (Å²) in [5.74, 6) is -1.19. The van der Waals surface area contributed by atoms with Gasteiger partial charge < -0.3 is 5.32 Å². The largest absolute Gasteiger partial charge is 0.352 e. The minimum absolute atomic E-state index is 0.235. The summed E-state index contributed by atoms with van der Waals surface area (Å²) in [5.41, 5.74) is 2.69. The summed E-state index contributed by atoms with van der Waals surface area (Å²) in [6.45, 7) is 0.423. The van der Waals surface area contributed by atoms with Gasteiger partial charge in [0.1, 0.15) is 0 Å². The number of nitrogens with one attached hydrogen (secondary N) is 2. The second-order valence-corrected chi connectivity index (χ2v) is 6.04. The van der Waals surface area contributed by atoms with Crippen LogP contribution in [0.4, 0.5) is 0 Å². The Bertz CT molecular complexity index is 1060. The van der Waals surface area contributed by atoms with Crippen molar-refractivity contribution in [1.29, 1.82) is 0 Å². The first-order chi connectivity index (χ1) is 12.6. The lowest BCUT2D eigenvalue weighted by Gasteiger charge is -2.07. The van der Waals surface area contributed by atoms with Crippen molar-refractivity contribution in [3.63, 3.8) is 0 Å². The average Bonchev–Trinajstić information content (AvgIpc) is 2.95. The zero-order valence-electron chi connectivity index (χ0n) is 13.8. The fourth-order valence-electron chi connectivity index (χ4n) is 2.96. The van der Waals surface area contributed by atoms with Gasteiger partial charge in [0, 0.05) is 29.6 Å². The molecule has 0 aliphatic carbocycles. The fourth-order valence-corrected chi connectivity index (χ4v) is 2.96. The molecule has 26 heavy (non-hydrogen) atoms. The lowest BCUT2D eigenvalue weighted by atomic mass is 10.1. The van der Waals surface area contributed by atoms with E-state index in [1.807, 2.05) is 36.4 Å². The van der Waals surface area contributed by atoms with Gasteiger partial charge in [-0.1, -0.05) is 24.3 Å². The van der Waals surface area contributed by atoms with E-state index in [1.54, 1.807) is 6.07 Å². The van der Waals surface area contributed by atoms with Gasteiger partial charge in [0.25, 0.3) is 17.7 Å². The summed E-state index contributed by atoms with van der Waals surface area (Å²) < 4.78 is 0. The number of benzene rings is 2. The second-order valence-electron chi connectivity index (χ2n) is 6.04. The third kappa shape index (κ3) is 2.93. The molecule has 4 rings (SSSR count). The summed E-state index contributed by atoms with van der Waals surface area (Å²) in [5, 5.41) is 6.10. The quantitative estimate of drug-likeness (QED) is 0.709. The van der Waals surface area contributed by atoms with Gasteiger partial charge in [-0.25, -0.2) is 0 Å². The molecule has 0 saturated carbocycles. The Hall–Kier alpha value is -3.54. The normalized spacial score (nSPS) is 12.8. The molecule has 0 bridgehead atoms. The van der Waals surface area contributed by atoms with E-state index in [9.17, 15) is 14.4 Å². The van der Waals surface area contributed by atoms with Crippen molar-refractivity contribution in [2.24, 2.45) is 0 Å². The van der Waals surface area contributed by atoms with Crippen molar-refractivity contribution >= 4 is 28.6 Å². The lowest BCUT2D eigenvalue weighted by molar-refractivity contribution is 0.0878. The number of rotatable bonds is 4. The first-order valence-electron chi connectivity index (χ1n) is 8.24. The minimum Gasteiger partial charge on any atom is -0.352 e. The van der Waals surface area contributed by atoms with Crippen LogP contribution in [0.1, 0.15) is 36.8 Å². The number of aromatic nitrogens is 1. The predicted octanol–water partition coefficient (Wildman–Crippen LogP) is 2.09. The smallest absolute Gasteiger partial charge is 0.258 e. The number of imide groups is 1.